The molecule has 0 saturated carbocycles. The van der Waals surface area contributed by atoms with E-state index in [2.05, 4.69) is 319 Å². The first-order valence-electron chi connectivity index (χ1n) is 27.7. The summed E-state index contributed by atoms with van der Waals surface area (Å²) in [7, 11) is -1.35. The fourth-order valence-electron chi connectivity index (χ4n) is 10.7. The van der Waals surface area contributed by atoms with Gasteiger partial charge in [-0.25, -0.2) is 9.98 Å². The van der Waals surface area contributed by atoms with Crippen LogP contribution in [-0.2, 0) is 29.0 Å². The van der Waals surface area contributed by atoms with E-state index in [1.54, 1.807) is 0 Å². The molecule has 2 heterocycles. The number of hydrogen-bond donors (Lipinski definition) is 0. The van der Waals surface area contributed by atoms with Gasteiger partial charge in [-0.15, -0.1) is 0 Å². The largest absolute Gasteiger partial charge is 1.00 e. The minimum atomic E-state index is -1.22. The van der Waals surface area contributed by atoms with Crippen molar-refractivity contribution in [3.05, 3.63) is 302 Å². The maximum absolute atomic E-state index is 6.04. The van der Waals surface area contributed by atoms with Gasteiger partial charge in [0, 0.05) is 11.1 Å². The van der Waals surface area contributed by atoms with Crippen molar-refractivity contribution in [3.63, 3.8) is 0 Å². The van der Waals surface area contributed by atoms with Crippen LogP contribution in [0.25, 0.3) is 0 Å². The van der Waals surface area contributed by atoms with Crippen LogP contribution in [0.2, 0.25) is 0 Å². The van der Waals surface area contributed by atoms with Gasteiger partial charge in [0.2, 0.25) is 11.8 Å². The van der Waals surface area contributed by atoms with Crippen molar-refractivity contribution >= 4 is 87.5 Å². The number of rotatable bonds is 14. The Morgan fingerprint density at radius 3 is 0.787 bits per heavy atom. The van der Waals surface area contributed by atoms with E-state index < -0.39 is 22.0 Å². The molecular formula is C72H68BN2O2P2Ru. The first kappa shape index (κ1) is 57.4. The average molecular weight is 1170 g/mol. The minimum Gasteiger partial charge on any atom is -0.475 e. The van der Waals surface area contributed by atoms with E-state index in [0.717, 1.165) is 22.9 Å². The van der Waals surface area contributed by atoms with E-state index in [1.165, 1.54) is 53.7 Å². The van der Waals surface area contributed by atoms with E-state index >= 15 is 0 Å². The molecule has 10 aromatic carbocycles. The van der Waals surface area contributed by atoms with Crippen LogP contribution in [0, 0.1) is 11.8 Å². The molecule has 399 valence electrons. The third-order valence-corrected chi connectivity index (χ3v) is 19.9. The average Bonchev–Trinajstić information content (AvgIpc) is 4.31. The number of hydrogen-bond acceptors (Lipinski definition) is 4. The summed E-state index contributed by atoms with van der Waals surface area (Å²) in [4.78, 5) is 9.79. The van der Waals surface area contributed by atoms with Crippen LogP contribution < -0.4 is 53.7 Å². The molecule has 0 aliphatic carbocycles. The monoisotopic (exact) mass is 1170 g/mol. The first-order valence-corrected chi connectivity index (χ1v) is 30.4. The second-order valence-corrected chi connectivity index (χ2v) is 25.0. The van der Waals surface area contributed by atoms with Crippen LogP contribution in [-0.4, -0.2) is 43.2 Å². The molecule has 8 heteroatoms. The van der Waals surface area contributed by atoms with Gasteiger partial charge in [0.05, 0.1) is 12.1 Å². The summed E-state index contributed by atoms with van der Waals surface area (Å²) in [6, 6.07) is 104. The van der Waals surface area contributed by atoms with Gasteiger partial charge in [0.25, 0.3) is 0 Å². The standard InChI is InChI=1S/C24H20B.2C24H24NOP.Ru/c1-5-13-21(14-6-1)25(22-15-7-2-8-16-22,23-17-9-3-10-18-23)24-19-11-4-12-20-24;2*1-18(2)22-17-26-24(25-22)21-15-9-10-16-23(21)27(19-11-5-3-6-12-19)20-13-7-4-8-14-20;/h1-20H;2*3-16,18,22H,17H2,1-2H3;/q-1;;;+1/t;2*22-;/m.00./s1. The van der Waals surface area contributed by atoms with E-state index in [0.29, 0.717) is 25.0 Å². The molecule has 0 spiro atoms. The van der Waals surface area contributed by atoms with Crippen LogP contribution in [0.4, 0.5) is 0 Å². The topological polar surface area (TPSA) is 43.2 Å². The Morgan fingerprint density at radius 2 is 0.550 bits per heavy atom. The molecule has 1 radical (unpaired) electrons. The Balaban J connectivity index is 0.000000144. The van der Waals surface area contributed by atoms with Crippen LogP contribution >= 0.6 is 15.8 Å². The van der Waals surface area contributed by atoms with Gasteiger partial charge in [-0.05, 0) is 71.6 Å². The van der Waals surface area contributed by atoms with Crippen molar-refractivity contribution < 1.29 is 29.0 Å². The van der Waals surface area contributed by atoms with Crippen molar-refractivity contribution in [1.82, 2.24) is 0 Å². The van der Waals surface area contributed by atoms with Gasteiger partial charge in [0.1, 0.15) is 19.4 Å². The Morgan fingerprint density at radius 1 is 0.325 bits per heavy atom. The van der Waals surface area contributed by atoms with Crippen LogP contribution in [0.15, 0.2) is 301 Å². The normalized spacial score (nSPS) is 14.6. The van der Waals surface area contributed by atoms with Crippen molar-refractivity contribution in [2.75, 3.05) is 13.2 Å². The fourth-order valence-corrected chi connectivity index (χ4v) is 15.6. The zero-order valence-electron chi connectivity index (χ0n) is 46.0. The van der Waals surface area contributed by atoms with Gasteiger partial charge in [-0.2, -0.15) is 21.9 Å². The molecule has 0 bridgehead atoms. The van der Waals surface area contributed by atoms with Crippen LogP contribution in [0.3, 0.4) is 0 Å². The quantitative estimate of drug-likeness (QED) is 0.0804. The molecule has 80 heavy (non-hydrogen) atoms. The molecule has 0 saturated heterocycles. The molecule has 4 nitrogen and oxygen atoms in total. The smallest absolute Gasteiger partial charge is 0.475 e. The maximum Gasteiger partial charge on any atom is 1.00 e. The minimum absolute atomic E-state index is 0. The summed E-state index contributed by atoms with van der Waals surface area (Å²) >= 11 is 0. The van der Waals surface area contributed by atoms with Crippen molar-refractivity contribution in [2.24, 2.45) is 21.8 Å². The van der Waals surface area contributed by atoms with Gasteiger partial charge >= 0.3 is 19.5 Å². The number of aliphatic imine (C=N–C) groups is 2. The second kappa shape index (κ2) is 28.2. The molecule has 12 rings (SSSR count). The first-order chi connectivity index (χ1) is 38.9. The van der Waals surface area contributed by atoms with Crippen molar-refractivity contribution in [3.8, 4) is 0 Å². The van der Waals surface area contributed by atoms with Gasteiger partial charge in [-0.3, -0.25) is 0 Å². The number of benzene rings is 10. The predicted octanol–water partition coefficient (Wildman–Crippen LogP) is 11.6. The third kappa shape index (κ3) is 13.3. The molecule has 0 fully saturated rings. The summed E-state index contributed by atoms with van der Waals surface area (Å²) in [5, 5.41) is 7.95. The molecule has 10 aromatic rings. The summed E-state index contributed by atoms with van der Waals surface area (Å²) in [5.41, 5.74) is 7.60. The fraction of sp³-hybridized carbons (Fsp3) is 0.139. The van der Waals surface area contributed by atoms with E-state index in [1.807, 2.05) is 0 Å². The molecule has 2 aliphatic rings. The molecule has 0 unspecified atom stereocenters. The zero-order chi connectivity index (χ0) is 54.2. The summed E-state index contributed by atoms with van der Waals surface area (Å²) in [6.45, 7) is 10.2. The molecular weight excluding hydrogens is 1100 g/mol. The Hall–Kier alpha value is -7.31. The van der Waals surface area contributed by atoms with Gasteiger partial charge in [0.15, 0.2) is 0 Å². The van der Waals surface area contributed by atoms with Gasteiger partial charge in [-0.1, -0.05) is 307 Å². The number of ether oxygens (including phenoxy) is 2. The van der Waals surface area contributed by atoms with Crippen molar-refractivity contribution in [2.45, 2.75) is 39.8 Å². The van der Waals surface area contributed by atoms with Crippen LogP contribution in [0.5, 0.6) is 0 Å². The molecule has 0 aromatic heterocycles. The van der Waals surface area contributed by atoms with E-state index in [-0.39, 0.29) is 31.6 Å². The predicted molar refractivity (Wildman–Crippen MR) is 343 cm³/mol. The van der Waals surface area contributed by atoms with Gasteiger partial charge < -0.3 is 9.47 Å². The van der Waals surface area contributed by atoms with E-state index in [4.69, 9.17) is 19.5 Å². The zero-order valence-corrected chi connectivity index (χ0v) is 49.5. The summed E-state index contributed by atoms with van der Waals surface area (Å²) < 4.78 is 12.1. The third-order valence-electron chi connectivity index (χ3n) is 14.9. The van der Waals surface area contributed by atoms with Crippen molar-refractivity contribution in [1.29, 1.82) is 0 Å². The molecule has 0 N–H and O–H groups in total. The Labute approximate surface area is 490 Å². The molecule has 2 atom stereocenters. The Kier molecular flexibility index (Phi) is 20.2. The molecule has 0 amide bonds. The molecule has 2 aliphatic heterocycles. The maximum atomic E-state index is 6.04. The van der Waals surface area contributed by atoms with E-state index in [9.17, 15) is 0 Å². The second-order valence-electron chi connectivity index (χ2n) is 20.7. The Bertz CT molecular complexity index is 3130. The SMILES string of the molecule is CC(C)[C@@H]1COC(c2ccccc2P(c2ccccc2)c2ccccc2)=N1.CC(C)[C@@H]1COC(c2ccccc2P(c2ccccc2)c2ccccc2)=N1.[Ru+].c1ccc([B-](c2ccccc2)(c2ccccc2)c2ccccc2)cc1. The summed E-state index contributed by atoms with van der Waals surface area (Å²) in [5.74, 6) is 2.56. The van der Waals surface area contributed by atoms with Crippen LogP contribution in [0.1, 0.15) is 38.8 Å². The summed E-state index contributed by atoms with van der Waals surface area (Å²) in [6.07, 6.45) is -1.22. The number of nitrogens with zero attached hydrogens (tertiary/aromatic N) is 2.